The number of hydrogen-bond donors (Lipinski definition) is 2. The minimum atomic E-state index is -0.204. The summed E-state index contributed by atoms with van der Waals surface area (Å²) in [4.78, 5) is 4.59. The van der Waals surface area contributed by atoms with Crippen molar-refractivity contribution in [3.63, 3.8) is 0 Å². The van der Waals surface area contributed by atoms with Gasteiger partial charge in [0.25, 0.3) is 0 Å². The molecule has 2 N–H and O–H groups in total. The van der Waals surface area contributed by atoms with Crippen LogP contribution in [0.3, 0.4) is 0 Å². The van der Waals surface area contributed by atoms with Crippen molar-refractivity contribution in [2.24, 2.45) is 12.0 Å². The predicted octanol–water partition coefficient (Wildman–Crippen LogP) is 2.34. The predicted molar refractivity (Wildman–Crippen MR) is 97.9 cm³/mol. The Labute approximate surface area is 148 Å². The Balaban J connectivity index is 1.92. The quantitative estimate of drug-likeness (QED) is 0.437. The minimum absolute atomic E-state index is 0.204. The minimum Gasteiger partial charge on any atom is -0.356 e. The molecule has 0 aliphatic carbocycles. The van der Waals surface area contributed by atoms with Gasteiger partial charge in [-0.05, 0) is 37.5 Å². The van der Waals surface area contributed by atoms with Crippen molar-refractivity contribution < 1.29 is 4.39 Å². The SMILES string of the molecule is CCCCNC(=NCc1nnc(C)n1C)NCCc1cccc(F)c1. The normalized spacial score (nSPS) is 11.6. The molecule has 0 saturated carbocycles. The number of benzene rings is 1. The summed E-state index contributed by atoms with van der Waals surface area (Å²) in [5.74, 6) is 2.22. The lowest BCUT2D eigenvalue weighted by atomic mass is 10.1. The van der Waals surface area contributed by atoms with Crippen LogP contribution in [0.4, 0.5) is 4.39 Å². The first kappa shape index (κ1) is 18.9. The van der Waals surface area contributed by atoms with Gasteiger partial charge in [-0.3, -0.25) is 0 Å². The third-order valence-corrected chi connectivity index (χ3v) is 3.98. The van der Waals surface area contributed by atoms with Crippen molar-refractivity contribution in [1.82, 2.24) is 25.4 Å². The molecule has 2 rings (SSSR count). The molecule has 7 heteroatoms. The van der Waals surface area contributed by atoms with Gasteiger partial charge in [0.1, 0.15) is 18.2 Å². The Morgan fingerprint density at radius 3 is 2.72 bits per heavy atom. The highest BCUT2D eigenvalue weighted by molar-refractivity contribution is 5.79. The molecule has 0 amide bonds. The van der Waals surface area contributed by atoms with E-state index >= 15 is 0 Å². The molecule has 0 spiro atoms. The first-order valence-corrected chi connectivity index (χ1v) is 8.71. The van der Waals surface area contributed by atoms with Crippen molar-refractivity contribution in [2.75, 3.05) is 13.1 Å². The molecule has 0 fully saturated rings. The number of unbranched alkanes of at least 4 members (excludes halogenated alkanes) is 1. The van der Waals surface area contributed by atoms with E-state index in [0.29, 0.717) is 13.1 Å². The molecule has 136 valence electrons. The summed E-state index contributed by atoms with van der Waals surface area (Å²) < 4.78 is 15.2. The first-order chi connectivity index (χ1) is 12.1. The van der Waals surface area contributed by atoms with Gasteiger partial charge in [-0.1, -0.05) is 25.5 Å². The largest absolute Gasteiger partial charge is 0.356 e. The smallest absolute Gasteiger partial charge is 0.191 e. The number of aryl methyl sites for hydroxylation is 1. The average molecular weight is 346 g/mol. The van der Waals surface area contributed by atoms with Crippen molar-refractivity contribution in [1.29, 1.82) is 0 Å². The van der Waals surface area contributed by atoms with Crippen LogP contribution in [0.5, 0.6) is 0 Å². The number of aliphatic imine (C=N–C) groups is 1. The van der Waals surface area contributed by atoms with Crippen LogP contribution in [0.2, 0.25) is 0 Å². The maximum atomic E-state index is 13.2. The van der Waals surface area contributed by atoms with Gasteiger partial charge in [0.15, 0.2) is 11.8 Å². The lowest BCUT2D eigenvalue weighted by Gasteiger charge is -2.12. The molecule has 2 aromatic rings. The van der Waals surface area contributed by atoms with Crippen LogP contribution in [-0.2, 0) is 20.0 Å². The molecular formula is C18H27FN6. The van der Waals surface area contributed by atoms with Gasteiger partial charge in [0, 0.05) is 20.1 Å². The highest BCUT2D eigenvalue weighted by Crippen LogP contribution is 2.03. The molecule has 0 atom stereocenters. The molecule has 0 saturated heterocycles. The summed E-state index contributed by atoms with van der Waals surface area (Å²) in [5.41, 5.74) is 0.962. The zero-order valence-corrected chi connectivity index (χ0v) is 15.2. The summed E-state index contributed by atoms with van der Waals surface area (Å²) in [7, 11) is 1.93. The van der Waals surface area contributed by atoms with Gasteiger partial charge < -0.3 is 15.2 Å². The summed E-state index contributed by atoms with van der Waals surface area (Å²) in [5, 5.41) is 14.8. The van der Waals surface area contributed by atoms with Crippen LogP contribution < -0.4 is 10.6 Å². The summed E-state index contributed by atoms with van der Waals surface area (Å²) in [6, 6.07) is 6.67. The fraction of sp³-hybridized carbons (Fsp3) is 0.500. The monoisotopic (exact) mass is 346 g/mol. The third kappa shape index (κ3) is 6.17. The molecule has 1 aromatic carbocycles. The van der Waals surface area contributed by atoms with Crippen molar-refractivity contribution in [3.8, 4) is 0 Å². The van der Waals surface area contributed by atoms with E-state index < -0.39 is 0 Å². The Kier molecular flexibility index (Phi) is 7.37. The molecule has 1 aromatic heterocycles. The summed E-state index contributed by atoms with van der Waals surface area (Å²) in [6.45, 7) is 6.06. The number of halogens is 1. The number of nitrogens with one attached hydrogen (secondary N) is 2. The highest BCUT2D eigenvalue weighted by atomic mass is 19.1. The van der Waals surface area contributed by atoms with Crippen LogP contribution >= 0.6 is 0 Å². The zero-order valence-electron chi connectivity index (χ0n) is 15.2. The molecule has 6 nitrogen and oxygen atoms in total. The Morgan fingerprint density at radius 2 is 2.04 bits per heavy atom. The van der Waals surface area contributed by atoms with E-state index in [1.807, 2.05) is 24.6 Å². The Hall–Kier alpha value is -2.44. The lowest BCUT2D eigenvalue weighted by molar-refractivity contribution is 0.625. The molecule has 25 heavy (non-hydrogen) atoms. The van der Waals surface area contributed by atoms with Gasteiger partial charge in [-0.2, -0.15) is 0 Å². The topological polar surface area (TPSA) is 67.1 Å². The van der Waals surface area contributed by atoms with E-state index in [-0.39, 0.29) is 5.82 Å². The van der Waals surface area contributed by atoms with E-state index in [9.17, 15) is 4.39 Å². The number of guanidine groups is 1. The number of nitrogens with zero attached hydrogens (tertiary/aromatic N) is 4. The van der Waals surface area contributed by atoms with Crippen LogP contribution in [-0.4, -0.2) is 33.8 Å². The maximum Gasteiger partial charge on any atom is 0.191 e. The van der Waals surface area contributed by atoms with E-state index in [2.05, 4.69) is 32.7 Å². The fourth-order valence-corrected chi connectivity index (χ4v) is 2.31. The Morgan fingerprint density at radius 1 is 1.24 bits per heavy atom. The fourth-order valence-electron chi connectivity index (χ4n) is 2.31. The Bertz CT molecular complexity index is 695. The average Bonchev–Trinajstić information content (AvgIpc) is 2.91. The molecule has 0 aliphatic heterocycles. The number of rotatable bonds is 8. The van der Waals surface area contributed by atoms with Gasteiger partial charge in [0.2, 0.25) is 0 Å². The van der Waals surface area contributed by atoms with Crippen molar-refractivity contribution >= 4 is 5.96 Å². The van der Waals surface area contributed by atoms with Gasteiger partial charge in [-0.15, -0.1) is 10.2 Å². The van der Waals surface area contributed by atoms with Gasteiger partial charge >= 0.3 is 0 Å². The van der Waals surface area contributed by atoms with E-state index in [1.165, 1.54) is 6.07 Å². The second-order valence-corrected chi connectivity index (χ2v) is 5.97. The molecule has 0 radical (unpaired) electrons. The second kappa shape index (κ2) is 9.76. The molecule has 0 bridgehead atoms. The summed E-state index contributed by atoms with van der Waals surface area (Å²) >= 11 is 0. The molecule has 0 unspecified atom stereocenters. The lowest BCUT2D eigenvalue weighted by Crippen LogP contribution is -2.39. The van der Waals surface area contributed by atoms with E-state index in [1.54, 1.807) is 12.1 Å². The molecule has 1 heterocycles. The van der Waals surface area contributed by atoms with Crippen LogP contribution in [0.25, 0.3) is 0 Å². The van der Waals surface area contributed by atoms with E-state index in [0.717, 1.165) is 49.0 Å². The van der Waals surface area contributed by atoms with Gasteiger partial charge in [0.05, 0.1) is 0 Å². The molecule has 0 aliphatic rings. The summed E-state index contributed by atoms with van der Waals surface area (Å²) in [6.07, 6.45) is 2.93. The van der Waals surface area contributed by atoms with Crippen molar-refractivity contribution in [2.45, 2.75) is 39.7 Å². The number of hydrogen-bond acceptors (Lipinski definition) is 3. The first-order valence-electron chi connectivity index (χ1n) is 8.71. The highest BCUT2D eigenvalue weighted by Gasteiger charge is 2.05. The van der Waals surface area contributed by atoms with Crippen LogP contribution in [0.15, 0.2) is 29.3 Å². The molecular weight excluding hydrogens is 319 g/mol. The van der Waals surface area contributed by atoms with Crippen LogP contribution in [0.1, 0.15) is 37.0 Å². The standard InChI is InChI=1S/C18H27FN6/c1-4-5-10-20-18(22-13-17-24-23-14(2)25(17)3)21-11-9-15-7-6-8-16(19)12-15/h6-8,12H,4-5,9-11,13H2,1-3H3,(H2,20,21,22). The zero-order chi connectivity index (χ0) is 18.1. The van der Waals surface area contributed by atoms with Crippen LogP contribution in [0, 0.1) is 12.7 Å². The van der Waals surface area contributed by atoms with Crippen molar-refractivity contribution in [3.05, 3.63) is 47.3 Å². The second-order valence-electron chi connectivity index (χ2n) is 5.97. The van der Waals surface area contributed by atoms with Gasteiger partial charge in [-0.25, -0.2) is 9.38 Å². The maximum absolute atomic E-state index is 13.2. The number of aromatic nitrogens is 3. The third-order valence-electron chi connectivity index (χ3n) is 3.98. The van der Waals surface area contributed by atoms with E-state index in [4.69, 9.17) is 0 Å².